The minimum Gasteiger partial charge on any atom is -0.385 e. The zero-order valence-electron chi connectivity index (χ0n) is 10.0. The van der Waals surface area contributed by atoms with Gasteiger partial charge in [0.15, 0.2) is 0 Å². The number of hydrogen-bond donors (Lipinski definition) is 1. The summed E-state index contributed by atoms with van der Waals surface area (Å²) in [7, 11) is 3.68. The lowest BCUT2D eigenvalue weighted by Gasteiger charge is -2.23. The summed E-state index contributed by atoms with van der Waals surface area (Å²) in [6, 6.07) is 2.42. The molecule has 0 spiro atoms. The summed E-state index contributed by atoms with van der Waals surface area (Å²) >= 11 is 0. The second-order valence-corrected chi connectivity index (χ2v) is 4.12. The summed E-state index contributed by atoms with van der Waals surface area (Å²) in [5.41, 5.74) is 0. The standard InChI is InChI=1S/C11H21N3O/c1-9(2)10(6-8-15-4)13-11-5-7-12-14(11)3/h5,7,9-10,13H,6,8H2,1-4H3. The zero-order valence-corrected chi connectivity index (χ0v) is 10.0. The Morgan fingerprint density at radius 2 is 2.27 bits per heavy atom. The number of nitrogens with one attached hydrogen (secondary N) is 1. The van der Waals surface area contributed by atoms with Crippen molar-refractivity contribution in [2.24, 2.45) is 13.0 Å². The number of rotatable bonds is 6. The van der Waals surface area contributed by atoms with Crippen LogP contribution in [0.3, 0.4) is 0 Å². The van der Waals surface area contributed by atoms with Crippen LogP contribution >= 0.6 is 0 Å². The molecule has 4 heteroatoms. The van der Waals surface area contributed by atoms with Crippen LogP contribution in [-0.4, -0.2) is 29.5 Å². The maximum Gasteiger partial charge on any atom is 0.124 e. The highest BCUT2D eigenvalue weighted by Gasteiger charge is 2.13. The molecule has 0 aliphatic rings. The first-order chi connectivity index (χ1) is 7.15. The number of anilines is 1. The fourth-order valence-corrected chi connectivity index (χ4v) is 1.52. The lowest BCUT2D eigenvalue weighted by Crippen LogP contribution is -2.28. The molecule has 1 N–H and O–H groups in total. The summed E-state index contributed by atoms with van der Waals surface area (Å²) in [6.45, 7) is 5.21. The first-order valence-electron chi connectivity index (χ1n) is 5.38. The fraction of sp³-hybridized carbons (Fsp3) is 0.727. The van der Waals surface area contributed by atoms with Gasteiger partial charge in [0.1, 0.15) is 5.82 Å². The molecule has 0 aromatic carbocycles. The molecule has 0 fully saturated rings. The molecule has 0 saturated carbocycles. The second kappa shape index (κ2) is 5.75. The molecule has 1 aromatic rings. The van der Waals surface area contributed by atoms with Crippen molar-refractivity contribution in [2.45, 2.75) is 26.3 Å². The molecular weight excluding hydrogens is 190 g/mol. The monoisotopic (exact) mass is 211 g/mol. The Labute approximate surface area is 91.6 Å². The van der Waals surface area contributed by atoms with E-state index >= 15 is 0 Å². The molecular formula is C11H21N3O. The second-order valence-electron chi connectivity index (χ2n) is 4.12. The predicted octanol–water partition coefficient (Wildman–Crippen LogP) is 1.89. The number of nitrogens with zero attached hydrogens (tertiary/aromatic N) is 2. The van der Waals surface area contributed by atoms with Gasteiger partial charge in [0.25, 0.3) is 0 Å². The van der Waals surface area contributed by atoms with Crippen molar-refractivity contribution in [2.75, 3.05) is 19.0 Å². The van der Waals surface area contributed by atoms with Crippen LogP contribution in [0.5, 0.6) is 0 Å². The van der Waals surface area contributed by atoms with Crippen LogP contribution in [0.2, 0.25) is 0 Å². The van der Waals surface area contributed by atoms with Gasteiger partial charge in [-0.1, -0.05) is 13.8 Å². The Balaban J connectivity index is 2.54. The minimum atomic E-state index is 0.431. The van der Waals surface area contributed by atoms with Crippen LogP contribution in [0.15, 0.2) is 12.3 Å². The maximum absolute atomic E-state index is 5.11. The van der Waals surface area contributed by atoms with Gasteiger partial charge in [0.2, 0.25) is 0 Å². The number of hydrogen-bond acceptors (Lipinski definition) is 3. The highest BCUT2D eigenvalue weighted by Crippen LogP contribution is 2.14. The quantitative estimate of drug-likeness (QED) is 0.781. The Hall–Kier alpha value is -1.03. The van der Waals surface area contributed by atoms with Gasteiger partial charge in [0, 0.05) is 32.9 Å². The van der Waals surface area contributed by atoms with Gasteiger partial charge in [-0.2, -0.15) is 5.10 Å². The predicted molar refractivity (Wildman–Crippen MR) is 61.9 cm³/mol. The SMILES string of the molecule is COCCC(Nc1ccnn1C)C(C)C. The molecule has 0 bridgehead atoms. The van der Waals surface area contributed by atoms with E-state index in [0.29, 0.717) is 12.0 Å². The smallest absolute Gasteiger partial charge is 0.124 e. The van der Waals surface area contributed by atoms with E-state index in [-0.39, 0.29) is 0 Å². The van der Waals surface area contributed by atoms with E-state index in [9.17, 15) is 0 Å². The van der Waals surface area contributed by atoms with Gasteiger partial charge in [0.05, 0.1) is 6.20 Å². The van der Waals surface area contributed by atoms with Crippen molar-refractivity contribution in [3.63, 3.8) is 0 Å². The van der Waals surface area contributed by atoms with Crippen molar-refractivity contribution >= 4 is 5.82 Å². The van der Waals surface area contributed by atoms with E-state index in [1.165, 1.54) is 0 Å². The van der Waals surface area contributed by atoms with E-state index in [1.807, 2.05) is 17.8 Å². The van der Waals surface area contributed by atoms with Gasteiger partial charge >= 0.3 is 0 Å². The van der Waals surface area contributed by atoms with E-state index in [0.717, 1.165) is 18.8 Å². The molecule has 15 heavy (non-hydrogen) atoms. The molecule has 0 aliphatic heterocycles. The van der Waals surface area contributed by atoms with E-state index in [1.54, 1.807) is 13.3 Å². The third-order valence-electron chi connectivity index (χ3n) is 2.59. The average molecular weight is 211 g/mol. The topological polar surface area (TPSA) is 39.1 Å². The molecule has 1 aromatic heterocycles. The molecule has 0 radical (unpaired) electrons. The van der Waals surface area contributed by atoms with Gasteiger partial charge in [-0.25, -0.2) is 0 Å². The number of methoxy groups -OCH3 is 1. The molecule has 0 saturated heterocycles. The first-order valence-corrected chi connectivity index (χ1v) is 5.38. The van der Waals surface area contributed by atoms with Crippen LogP contribution < -0.4 is 5.32 Å². The third-order valence-corrected chi connectivity index (χ3v) is 2.59. The molecule has 4 nitrogen and oxygen atoms in total. The Morgan fingerprint density at radius 1 is 1.53 bits per heavy atom. The Kier molecular flexibility index (Phi) is 4.62. The van der Waals surface area contributed by atoms with Gasteiger partial charge in [-0.05, 0) is 12.3 Å². The number of aryl methyl sites for hydroxylation is 1. The largest absolute Gasteiger partial charge is 0.385 e. The summed E-state index contributed by atoms with van der Waals surface area (Å²) in [4.78, 5) is 0. The van der Waals surface area contributed by atoms with Crippen LogP contribution in [0.25, 0.3) is 0 Å². The molecule has 0 aliphatic carbocycles. The molecule has 1 unspecified atom stereocenters. The highest BCUT2D eigenvalue weighted by atomic mass is 16.5. The van der Waals surface area contributed by atoms with Gasteiger partial charge in [-0.3, -0.25) is 4.68 Å². The average Bonchev–Trinajstić information content (AvgIpc) is 2.58. The van der Waals surface area contributed by atoms with Crippen LogP contribution in [0.4, 0.5) is 5.82 Å². The van der Waals surface area contributed by atoms with E-state index in [2.05, 4.69) is 24.3 Å². The van der Waals surface area contributed by atoms with E-state index in [4.69, 9.17) is 4.74 Å². The molecule has 1 heterocycles. The maximum atomic E-state index is 5.11. The Bertz CT molecular complexity index is 283. The third kappa shape index (κ3) is 3.55. The highest BCUT2D eigenvalue weighted by molar-refractivity contribution is 5.34. The summed E-state index contributed by atoms with van der Waals surface area (Å²) in [5, 5.41) is 7.61. The van der Waals surface area contributed by atoms with Crippen molar-refractivity contribution in [1.29, 1.82) is 0 Å². The zero-order chi connectivity index (χ0) is 11.3. The molecule has 1 rings (SSSR count). The van der Waals surface area contributed by atoms with Crippen LogP contribution in [-0.2, 0) is 11.8 Å². The Morgan fingerprint density at radius 3 is 2.73 bits per heavy atom. The lowest BCUT2D eigenvalue weighted by atomic mass is 10.0. The van der Waals surface area contributed by atoms with Crippen molar-refractivity contribution in [3.8, 4) is 0 Å². The number of ether oxygens (including phenoxy) is 1. The number of aromatic nitrogens is 2. The first kappa shape index (κ1) is 12.0. The summed E-state index contributed by atoms with van der Waals surface area (Å²) < 4.78 is 6.96. The summed E-state index contributed by atoms with van der Waals surface area (Å²) in [5.74, 6) is 1.64. The summed E-state index contributed by atoms with van der Waals surface area (Å²) in [6.07, 6.45) is 2.81. The van der Waals surface area contributed by atoms with Crippen LogP contribution in [0, 0.1) is 5.92 Å². The molecule has 0 amide bonds. The van der Waals surface area contributed by atoms with Crippen molar-refractivity contribution < 1.29 is 4.74 Å². The molecule has 86 valence electrons. The molecule has 1 atom stereocenters. The van der Waals surface area contributed by atoms with Gasteiger partial charge < -0.3 is 10.1 Å². The minimum absolute atomic E-state index is 0.431. The van der Waals surface area contributed by atoms with Crippen molar-refractivity contribution in [1.82, 2.24) is 9.78 Å². The lowest BCUT2D eigenvalue weighted by molar-refractivity contribution is 0.184. The van der Waals surface area contributed by atoms with Crippen molar-refractivity contribution in [3.05, 3.63) is 12.3 Å². The van der Waals surface area contributed by atoms with E-state index < -0.39 is 0 Å². The van der Waals surface area contributed by atoms with Gasteiger partial charge in [-0.15, -0.1) is 0 Å². The van der Waals surface area contributed by atoms with Crippen LogP contribution in [0.1, 0.15) is 20.3 Å². The fourth-order valence-electron chi connectivity index (χ4n) is 1.52. The normalized spacial score (nSPS) is 13.1.